The van der Waals surface area contributed by atoms with E-state index in [0.717, 1.165) is 19.6 Å². The van der Waals surface area contributed by atoms with Crippen molar-refractivity contribution in [1.82, 2.24) is 10.2 Å². The van der Waals surface area contributed by atoms with Gasteiger partial charge in [0.15, 0.2) is 0 Å². The van der Waals surface area contributed by atoms with Crippen LogP contribution >= 0.6 is 11.3 Å². The summed E-state index contributed by atoms with van der Waals surface area (Å²) in [5, 5.41) is 4.75. The number of rotatable bonds is 7. The van der Waals surface area contributed by atoms with E-state index in [-0.39, 0.29) is 0 Å². The predicted octanol–water partition coefficient (Wildman–Crippen LogP) is 4.24. The second-order valence-corrected chi connectivity index (χ2v) is 6.49. The summed E-state index contributed by atoms with van der Waals surface area (Å²) in [7, 11) is 2.03. The fourth-order valence-corrected chi connectivity index (χ4v) is 3.89. The highest BCUT2D eigenvalue weighted by molar-refractivity contribution is 7.19. The molecule has 0 spiro atoms. The molecule has 1 heterocycles. The SMILES string of the molecule is CCC(C)N(CC)Cc1c(CNC)sc2ccccc12. The summed E-state index contributed by atoms with van der Waals surface area (Å²) in [5.74, 6) is 0. The summed E-state index contributed by atoms with van der Waals surface area (Å²) in [4.78, 5) is 4.06. The van der Waals surface area contributed by atoms with Gasteiger partial charge in [-0.3, -0.25) is 4.90 Å². The molecule has 0 radical (unpaired) electrons. The number of hydrogen-bond acceptors (Lipinski definition) is 3. The molecular weight excluding hydrogens is 264 g/mol. The molecule has 1 N–H and O–H groups in total. The van der Waals surface area contributed by atoms with E-state index in [4.69, 9.17) is 0 Å². The minimum atomic E-state index is 0.640. The van der Waals surface area contributed by atoms with Crippen LogP contribution in [0.2, 0.25) is 0 Å². The third-order valence-corrected chi connectivity index (χ3v) is 5.31. The number of nitrogens with one attached hydrogen (secondary N) is 1. The van der Waals surface area contributed by atoms with Crippen LogP contribution in [0.3, 0.4) is 0 Å². The molecule has 0 fully saturated rings. The molecule has 1 aromatic heterocycles. The Morgan fingerprint density at radius 2 is 2.00 bits per heavy atom. The first-order valence-corrected chi connectivity index (χ1v) is 8.40. The molecule has 0 amide bonds. The van der Waals surface area contributed by atoms with Gasteiger partial charge in [0.25, 0.3) is 0 Å². The van der Waals surface area contributed by atoms with Crippen LogP contribution in [0.4, 0.5) is 0 Å². The summed E-state index contributed by atoms with van der Waals surface area (Å²) >= 11 is 1.93. The first kappa shape index (κ1) is 15.5. The number of fused-ring (bicyclic) bond motifs is 1. The fourth-order valence-electron chi connectivity index (χ4n) is 2.67. The molecule has 110 valence electrons. The van der Waals surface area contributed by atoms with Gasteiger partial charge < -0.3 is 5.32 Å². The van der Waals surface area contributed by atoms with E-state index in [2.05, 4.69) is 55.3 Å². The average molecular weight is 290 g/mol. The third-order valence-electron chi connectivity index (χ3n) is 4.10. The van der Waals surface area contributed by atoms with Crippen molar-refractivity contribution in [3.8, 4) is 0 Å². The topological polar surface area (TPSA) is 15.3 Å². The van der Waals surface area contributed by atoms with Crippen LogP contribution in [0.1, 0.15) is 37.6 Å². The van der Waals surface area contributed by atoms with Gasteiger partial charge in [0.1, 0.15) is 0 Å². The van der Waals surface area contributed by atoms with Crippen molar-refractivity contribution < 1.29 is 0 Å². The molecule has 0 aliphatic heterocycles. The van der Waals surface area contributed by atoms with Gasteiger partial charge in [-0.2, -0.15) is 0 Å². The average Bonchev–Trinajstić information content (AvgIpc) is 2.82. The number of thiophene rings is 1. The summed E-state index contributed by atoms with van der Waals surface area (Å²) in [6.07, 6.45) is 1.21. The minimum Gasteiger partial charge on any atom is -0.315 e. The van der Waals surface area contributed by atoms with Gasteiger partial charge in [0.05, 0.1) is 0 Å². The summed E-state index contributed by atoms with van der Waals surface area (Å²) in [5.41, 5.74) is 1.52. The highest BCUT2D eigenvalue weighted by Crippen LogP contribution is 2.32. The Bertz CT molecular complexity index is 547. The molecule has 0 saturated heterocycles. The molecule has 2 aromatic rings. The molecule has 1 atom stereocenters. The largest absolute Gasteiger partial charge is 0.315 e. The van der Waals surface area contributed by atoms with Gasteiger partial charge in [-0.05, 0) is 44.0 Å². The van der Waals surface area contributed by atoms with E-state index in [9.17, 15) is 0 Å². The zero-order valence-electron chi connectivity index (χ0n) is 13.1. The van der Waals surface area contributed by atoms with Crippen molar-refractivity contribution >= 4 is 21.4 Å². The maximum atomic E-state index is 3.31. The molecule has 0 saturated carbocycles. The zero-order valence-corrected chi connectivity index (χ0v) is 13.9. The van der Waals surface area contributed by atoms with Crippen molar-refractivity contribution in [2.24, 2.45) is 0 Å². The monoisotopic (exact) mass is 290 g/mol. The Morgan fingerprint density at radius 3 is 2.65 bits per heavy atom. The first-order chi connectivity index (χ1) is 9.71. The van der Waals surface area contributed by atoms with E-state index >= 15 is 0 Å². The lowest BCUT2D eigenvalue weighted by Crippen LogP contribution is -2.32. The molecule has 2 nitrogen and oxygen atoms in total. The van der Waals surface area contributed by atoms with Crippen LogP contribution in [0, 0.1) is 0 Å². The Hall–Kier alpha value is -0.900. The van der Waals surface area contributed by atoms with Crippen LogP contribution < -0.4 is 5.32 Å². The van der Waals surface area contributed by atoms with E-state index in [1.807, 2.05) is 18.4 Å². The van der Waals surface area contributed by atoms with E-state index in [0.29, 0.717) is 6.04 Å². The molecule has 0 aliphatic carbocycles. The second-order valence-electron chi connectivity index (χ2n) is 5.35. The Balaban J connectivity index is 2.37. The molecule has 3 heteroatoms. The maximum Gasteiger partial charge on any atom is 0.0349 e. The van der Waals surface area contributed by atoms with Crippen molar-refractivity contribution in [2.45, 2.75) is 46.3 Å². The molecular formula is C17H26N2S. The molecule has 1 unspecified atom stereocenters. The normalized spacial score (nSPS) is 13.2. The van der Waals surface area contributed by atoms with Gasteiger partial charge in [-0.25, -0.2) is 0 Å². The Labute approximate surface area is 126 Å². The van der Waals surface area contributed by atoms with E-state index in [1.54, 1.807) is 0 Å². The number of benzene rings is 1. The maximum absolute atomic E-state index is 3.31. The van der Waals surface area contributed by atoms with Crippen molar-refractivity contribution in [2.75, 3.05) is 13.6 Å². The van der Waals surface area contributed by atoms with Gasteiger partial charge in [0.2, 0.25) is 0 Å². The Morgan fingerprint density at radius 1 is 1.25 bits per heavy atom. The van der Waals surface area contributed by atoms with Crippen LogP contribution in [0.25, 0.3) is 10.1 Å². The summed E-state index contributed by atoms with van der Waals surface area (Å²) < 4.78 is 1.41. The van der Waals surface area contributed by atoms with Crippen LogP contribution in [-0.4, -0.2) is 24.5 Å². The smallest absolute Gasteiger partial charge is 0.0349 e. The molecule has 1 aromatic carbocycles. The van der Waals surface area contributed by atoms with Crippen LogP contribution in [0.15, 0.2) is 24.3 Å². The van der Waals surface area contributed by atoms with Crippen molar-refractivity contribution in [1.29, 1.82) is 0 Å². The van der Waals surface area contributed by atoms with E-state index in [1.165, 1.54) is 26.9 Å². The number of hydrogen-bond donors (Lipinski definition) is 1. The lowest BCUT2D eigenvalue weighted by molar-refractivity contribution is 0.206. The minimum absolute atomic E-state index is 0.640. The standard InChI is InChI=1S/C17H26N2S/c1-5-13(3)19(6-2)12-15-14-9-7-8-10-16(14)20-17(15)11-18-4/h7-10,13,18H,5-6,11-12H2,1-4H3. The predicted molar refractivity (Wildman–Crippen MR) is 90.4 cm³/mol. The van der Waals surface area contributed by atoms with Crippen LogP contribution in [0.5, 0.6) is 0 Å². The third kappa shape index (κ3) is 3.22. The molecule has 0 aliphatic rings. The molecule has 20 heavy (non-hydrogen) atoms. The number of nitrogens with zero attached hydrogens (tertiary/aromatic N) is 1. The second kappa shape index (κ2) is 7.21. The highest BCUT2D eigenvalue weighted by Gasteiger charge is 2.16. The van der Waals surface area contributed by atoms with Gasteiger partial charge in [-0.1, -0.05) is 32.0 Å². The molecule has 2 rings (SSSR count). The van der Waals surface area contributed by atoms with Gasteiger partial charge >= 0.3 is 0 Å². The summed E-state index contributed by atoms with van der Waals surface area (Å²) in [6.45, 7) is 10.00. The lowest BCUT2D eigenvalue weighted by Gasteiger charge is -2.27. The van der Waals surface area contributed by atoms with E-state index < -0.39 is 0 Å². The zero-order chi connectivity index (χ0) is 14.5. The van der Waals surface area contributed by atoms with Crippen LogP contribution in [-0.2, 0) is 13.1 Å². The quantitative estimate of drug-likeness (QED) is 0.820. The summed E-state index contributed by atoms with van der Waals surface area (Å²) in [6, 6.07) is 9.44. The lowest BCUT2D eigenvalue weighted by atomic mass is 10.1. The molecule has 0 bridgehead atoms. The highest BCUT2D eigenvalue weighted by atomic mass is 32.1. The van der Waals surface area contributed by atoms with Gasteiger partial charge in [0, 0.05) is 28.7 Å². The van der Waals surface area contributed by atoms with Crippen molar-refractivity contribution in [3.63, 3.8) is 0 Å². The van der Waals surface area contributed by atoms with Gasteiger partial charge in [-0.15, -0.1) is 11.3 Å². The fraction of sp³-hybridized carbons (Fsp3) is 0.529. The Kier molecular flexibility index (Phi) is 5.58. The van der Waals surface area contributed by atoms with Crippen molar-refractivity contribution in [3.05, 3.63) is 34.7 Å². The first-order valence-electron chi connectivity index (χ1n) is 7.59.